The summed E-state index contributed by atoms with van der Waals surface area (Å²) in [7, 11) is 0. The third-order valence-electron chi connectivity index (χ3n) is 5.05. The second kappa shape index (κ2) is 6.48. The van der Waals surface area contributed by atoms with Gasteiger partial charge in [-0.25, -0.2) is 0 Å². The van der Waals surface area contributed by atoms with E-state index in [2.05, 4.69) is 20.8 Å². The summed E-state index contributed by atoms with van der Waals surface area (Å²) in [4.78, 5) is 26.0. The first-order valence-corrected chi connectivity index (χ1v) is 9.24. The quantitative estimate of drug-likeness (QED) is 0.507. The molecule has 5 nitrogen and oxygen atoms in total. The minimum Gasteiger partial charge on any atom is -0.507 e. The van der Waals surface area contributed by atoms with E-state index in [0.717, 1.165) is 11.6 Å². The van der Waals surface area contributed by atoms with Crippen molar-refractivity contribution < 1.29 is 24.5 Å². The van der Waals surface area contributed by atoms with Gasteiger partial charge >= 0.3 is 0 Å². The molecule has 1 aliphatic rings. The van der Waals surface area contributed by atoms with E-state index in [1.54, 1.807) is 30.3 Å². The summed E-state index contributed by atoms with van der Waals surface area (Å²) < 4.78 is 5.83. The Morgan fingerprint density at radius 1 is 0.759 bits per heavy atom. The van der Waals surface area contributed by atoms with Crippen molar-refractivity contribution in [2.45, 2.75) is 26.2 Å². The van der Waals surface area contributed by atoms with Crippen LogP contribution in [-0.2, 0) is 5.41 Å². The lowest BCUT2D eigenvalue weighted by Gasteiger charge is -2.22. The molecule has 146 valence electrons. The van der Waals surface area contributed by atoms with Crippen molar-refractivity contribution in [3.05, 3.63) is 82.4 Å². The maximum absolute atomic E-state index is 13.1. The topological polar surface area (TPSA) is 83.8 Å². The van der Waals surface area contributed by atoms with E-state index < -0.39 is 23.1 Å². The summed E-state index contributed by atoms with van der Waals surface area (Å²) in [5, 5.41) is 20.7. The van der Waals surface area contributed by atoms with E-state index in [-0.39, 0.29) is 33.4 Å². The number of ketones is 2. The first-order chi connectivity index (χ1) is 13.7. The van der Waals surface area contributed by atoms with Crippen molar-refractivity contribution in [1.82, 2.24) is 0 Å². The summed E-state index contributed by atoms with van der Waals surface area (Å²) in [6, 6.07) is 14.7. The van der Waals surface area contributed by atoms with Crippen LogP contribution < -0.4 is 4.74 Å². The highest BCUT2D eigenvalue weighted by molar-refractivity contribution is 6.30. The monoisotopic (exact) mass is 388 g/mol. The fourth-order valence-corrected chi connectivity index (χ4v) is 3.48. The van der Waals surface area contributed by atoms with Gasteiger partial charge in [-0.2, -0.15) is 0 Å². The minimum atomic E-state index is -0.486. The lowest BCUT2D eigenvalue weighted by molar-refractivity contribution is 0.0974. The van der Waals surface area contributed by atoms with Crippen molar-refractivity contribution in [2.24, 2.45) is 0 Å². The van der Waals surface area contributed by atoms with E-state index in [9.17, 15) is 19.8 Å². The molecule has 5 heteroatoms. The number of fused-ring (bicyclic) bond motifs is 2. The van der Waals surface area contributed by atoms with E-state index in [1.165, 1.54) is 6.07 Å². The van der Waals surface area contributed by atoms with Gasteiger partial charge in [-0.1, -0.05) is 57.2 Å². The molecule has 0 bridgehead atoms. The van der Waals surface area contributed by atoms with Crippen molar-refractivity contribution in [3.63, 3.8) is 0 Å². The zero-order valence-electron chi connectivity index (χ0n) is 16.3. The SMILES string of the molecule is CC(C)(C)c1ccc(Oc2c(O)cc(O)c3c2C(=O)c2ccccc2C3=O)cc1. The summed E-state index contributed by atoms with van der Waals surface area (Å²) >= 11 is 0. The van der Waals surface area contributed by atoms with Crippen molar-refractivity contribution in [3.8, 4) is 23.0 Å². The van der Waals surface area contributed by atoms with Crippen LogP contribution >= 0.6 is 0 Å². The number of carbonyl (C=O) groups is 2. The Hall–Kier alpha value is -3.60. The molecule has 0 amide bonds. The third kappa shape index (κ3) is 3.05. The molecule has 2 N–H and O–H groups in total. The van der Waals surface area contributed by atoms with E-state index in [0.29, 0.717) is 5.75 Å². The summed E-state index contributed by atoms with van der Waals surface area (Å²) in [5.41, 5.74) is 1.19. The number of phenols is 2. The number of hydrogen-bond donors (Lipinski definition) is 2. The van der Waals surface area contributed by atoms with Crippen molar-refractivity contribution in [1.29, 1.82) is 0 Å². The largest absolute Gasteiger partial charge is 0.507 e. The molecule has 0 saturated carbocycles. The second-order valence-electron chi connectivity index (χ2n) is 8.07. The number of hydrogen-bond acceptors (Lipinski definition) is 5. The molecule has 0 aromatic heterocycles. The molecule has 0 spiro atoms. The van der Waals surface area contributed by atoms with Crippen molar-refractivity contribution >= 4 is 11.6 Å². The molecule has 29 heavy (non-hydrogen) atoms. The molecule has 0 unspecified atom stereocenters. The zero-order valence-corrected chi connectivity index (χ0v) is 16.3. The van der Waals surface area contributed by atoms with Gasteiger partial charge < -0.3 is 14.9 Å². The average Bonchev–Trinajstić information content (AvgIpc) is 2.68. The first kappa shape index (κ1) is 18.7. The maximum Gasteiger partial charge on any atom is 0.198 e. The molecule has 0 atom stereocenters. The average molecular weight is 388 g/mol. The predicted molar refractivity (Wildman–Crippen MR) is 108 cm³/mol. The fourth-order valence-electron chi connectivity index (χ4n) is 3.48. The van der Waals surface area contributed by atoms with Gasteiger partial charge in [0.05, 0.1) is 11.1 Å². The maximum atomic E-state index is 13.1. The number of rotatable bonds is 2. The van der Waals surface area contributed by atoms with Crippen LogP contribution in [0.15, 0.2) is 54.6 Å². The normalized spacial score (nSPS) is 13.1. The molecule has 3 aromatic rings. The Labute approximate surface area is 168 Å². The molecule has 0 heterocycles. The Kier molecular flexibility index (Phi) is 4.19. The lowest BCUT2D eigenvalue weighted by atomic mass is 9.83. The van der Waals surface area contributed by atoms with Crippen LogP contribution in [-0.4, -0.2) is 21.8 Å². The number of phenolic OH excluding ortho intramolecular Hbond substituents is 2. The predicted octanol–water partition coefficient (Wildman–Crippen LogP) is 4.96. The fraction of sp³-hybridized carbons (Fsp3) is 0.167. The molecule has 1 aliphatic carbocycles. The van der Waals surface area contributed by atoms with Crippen LogP contribution in [0.5, 0.6) is 23.0 Å². The third-order valence-corrected chi connectivity index (χ3v) is 5.05. The molecule has 4 rings (SSSR count). The van der Waals surface area contributed by atoms with Gasteiger partial charge in [-0.05, 0) is 23.1 Å². The van der Waals surface area contributed by atoms with Gasteiger partial charge in [0.1, 0.15) is 11.5 Å². The Morgan fingerprint density at radius 3 is 1.86 bits per heavy atom. The van der Waals surface area contributed by atoms with Crippen LogP contribution in [0.4, 0.5) is 0 Å². The Bertz CT molecular complexity index is 1150. The smallest absolute Gasteiger partial charge is 0.198 e. The van der Waals surface area contributed by atoms with Crippen LogP contribution in [0.2, 0.25) is 0 Å². The first-order valence-electron chi connectivity index (χ1n) is 9.24. The van der Waals surface area contributed by atoms with Gasteiger partial charge in [0.2, 0.25) is 0 Å². The number of aromatic hydroxyl groups is 2. The molecule has 0 aliphatic heterocycles. The Balaban J connectivity index is 1.84. The van der Waals surface area contributed by atoms with Crippen molar-refractivity contribution in [2.75, 3.05) is 0 Å². The standard InChI is InChI=1S/C24H20O5/c1-24(2,3)13-8-10-14(11-9-13)29-23-18(26)12-17(25)19-20(23)22(28)16-7-5-4-6-15(16)21(19)27/h4-12,25-26H,1-3H3. The second-order valence-corrected chi connectivity index (χ2v) is 8.07. The van der Waals surface area contributed by atoms with Crippen LogP contribution in [0.1, 0.15) is 58.2 Å². The Morgan fingerprint density at radius 2 is 1.31 bits per heavy atom. The van der Waals surface area contributed by atoms with E-state index in [1.807, 2.05) is 12.1 Å². The molecule has 0 saturated heterocycles. The van der Waals surface area contributed by atoms with Gasteiger partial charge in [0.25, 0.3) is 0 Å². The molecule has 0 radical (unpaired) electrons. The molecular weight excluding hydrogens is 368 g/mol. The van der Waals surface area contributed by atoms with Crippen LogP contribution in [0.25, 0.3) is 0 Å². The van der Waals surface area contributed by atoms with Crippen LogP contribution in [0, 0.1) is 0 Å². The lowest BCUT2D eigenvalue weighted by Crippen LogP contribution is -2.21. The zero-order chi connectivity index (χ0) is 20.9. The summed E-state index contributed by atoms with van der Waals surface area (Å²) in [6.45, 7) is 6.27. The summed E-state index contributed by atoms with van der Waals surface area (Å²) in [5.74, 6) is -1.58. The van der Waals surface area contributed by atoms with Crippen LogP contribution in [0.3, 0.4) is 0 Å². The highest BCUT2D eigenvalue weighted by Gasteiger charge is 2.36. The molecule has 0 fully saturated rings. The number of benzene rings is 3. The molecular formula is C24H20O5. The van der Waals surface area contributed by atoms with Gasteiger partial charge in [-0.15, -0.1) is 0 Å². The number of carbonyl (C=O) groups excluding carboxylic acids is 2. The van der Waals surface area contributed by atoms with Gasteiger partial charge in [0.15, 0.2) is 23.1 Å². The van der Waals surface area contributed by atoms with Gasteiger partial charge in [0, 0.05) is 17.2 Å². The van der Waals surface area contributed by atoms with E-state index >= 15 is 0 Å². The van der Waals surface area contributed by atoms with Gasteiger partial charge in [-0.3, -0.25) is 9.59 Å². The summed E-state index contributed by atoms with van der Waals surface area (Å²) in [6.07, 6.45) is 0. The highest BCUT2D eigenvalue weighted by Crippen LogP contribution is 2.45. The highest BCUT2D eigenvalue weighted by atomic mass is 16.5. The minimum absolute atomic E-state index is 0.0372. The van der Waals surface area contributed by atoms with E-state index in [4.69, 9.17) is 4.74 Å². The molecule has 3 aromatic carbocycles. The number of ether oxygens (including phenoxy) is 1.